The monoisotopic (exact) mass is 594 g/mol. The number of allylic oxidation sites excluding steroid dienone is 7. The Balaban J connectivity index is 0.00000441. The molecule has 0 aromatic rings. The predicted molar refractivity (Wildman–Crippen MR) is 155 cm³/mol. The van der Waals surface area contributed by atoms with Crippen LogP contribution < -0.4 is 11.5 Å². The minimum Gasteiger partial charge on any atom is -0.370 e. The van der Waals surface area contributed by atoms with Crippen LogP contribution in [0.5, 0.6) is 0 Å². The van der Waals surface area contributed by atoms with Crippen LogP contribution in [-0.4, -0.2) is 84.6 Å². The van der Waals surface area contributed by atoms with Crippen LogP contribution in [0.3, 0.4) is 0 Å². The van der Waals surface area contributed by atoms with Crippen molar-refractivity contribution in [2.24, 2.45) is 23.3 Å². The maximum atomic E-state index is 14.3. The van der Waals surface area contributed by atoms with E-state index in [9.17, 15) is 18.0 Å². The number of nitrogens with one attached hydrogen (secondary N) is 1. The Labute approximate surface area is 242 Å². The number of morpholine rings is 1. The number of carbonyl (C=O) groups is 2. The summed E-state index contributed by atoms with van der Waals surface area (Å²) in [5, 5.41) is 6.95. The van der Waals surface area contributed by atoms with E-state index in [-0.39, 0.29) is 56.2 Å². The first-order chi connectivity index (χ1) is 18.6. The minimum absolute atomic E-state index is 0. The number of primary amides is 1. The Morgan fingerprint density at radius 3 is 2.60 bits per heavy atom. The SMILES string of the molecule is CN(C1CN(C(=N)N)CCO1)S(=O)(=O)C1CCC2CC=CC=C2C1C1\C=C/C=C\C=C/N1C(=O)CCC(N)=O.Cl. The fraction of sp³-hybridized carbons (Fsp3) is 0.519. The number of nitrogens with two attached hydrogens (primary N) is 2. The van der Waals surface area contributed by atoms with Gasteiger partial charge in [-0.15, -0.1) is 12.4 Å². The van der Waals surface area contributed by atoms with Crippen molar-refractivity contribution in [3.05, 3.63) is 60.4 Å². The first kappa shape index (κ1) is 31.6. The highest BCUT2D eigenvalue weighted by Crippen LogP contribution is 2.45. The number of hydrogen-bond acceptors (Lipinski definition) is 6. The Morgan fingerprint density at radius 2 is 1.88 bits per heavy atom. The molecule has 40 heavy (non-hydrogen) atoms. The second-order valence-corrected chi connectivity index (χ2v) is 12.5. The normalized spacial score (nSPS) is 30.6. The van der Waals surface area contributed by atoms with E-state index < -0.39 is 39.4 Å². The fourth-order valence-electron chi connectivity index (χ4n) is 5.86. The van der Waals surface area contributed by atoms with E-state index in [2.05, 4.69) is 6.08 Å². The molecule has 13 heteroatoms. The van der Waals surface area contributed by atoms with Crippen LogP contribution in [0.2, 0.25) is 0 Å². The van der Waals surface area contributed by atoms with Gasteiger partial charge in [0, 0.05) is 38.6 Å². The number of halogens is 1. The summed E-state index contributed by atoms with van der Waals surface area (Å²) in [5.74, 6) is -1.36. The van der Waals surface area contributed by atoms with E-state index in [0.717, 1.165) is 12.0 Å². The smallest absolute Gasteiger partial charge is 0.227 e. The molecule has 0 bridgehead atoms. The molecule has 0 spiro atoms. The molecule has 1 saturated heterocycles. The summed E-state index contributed by atoms with van der Waals surface area (Å²) in [4.78, 5) is 27.9. The Kier molecular flexibility index (Phi) is 10.8. The third-order valence-corrected chi connectivity index (χ3v) is 10.3. The molecule has 2 fully saturated rings. The van der Waals surface area contributed by atoms with Crippen molar-refractivity contribution < 1.29 is 22.7 Å². The molecule has 2 aliphatic heterocycles. The number of rotatable bonds is 7. The second kappa shape index (κ2) is 13.6. The minimum atomic E-state index is -3.94. The molecule has 220 valence electrons. The van der Waals surface area contributed by atoms with Gasteiger partial charge in [-0.05, 0) is 31.3 Å². The lowest BCUT2D eigenvalue weighted by Crippen LogP contribution is -2.58. The number of guanidine groups is 1. The average Bonchev–Trinajstić information content (AvgIpc) is 2.91. The maximum absolute atomic E-state index is 14.3. The lowest BCUT2D eigenvalue weighted by molar-refractivity contribution is -0.132. The summed E-state index contributed by atoms with van der Waals surface area (Å²) in [7, 11) is -2.43. The van der Waals surface area contributed by atoms with Crippen molar-refractivity contribution in [2.45, 2.75) is 49.6 Å². The highest BCUT2D eigenvalue weighted by Gasteiger charge is 2.49. The largest absolute Gasteiger partial charge is 0.370 e. The molecule has 1 saturated carbocycles. The molecule has 4 rings (SSSR count). The number of ether oxygens (including phenoxy) is 1. The van der Waals surface area contributed by atoms with E-state index >= 15 is 0 Å². The van der Waals surface area contributed by atoms with Crippen molar-refractivity contribution in [3.63, 3.8) is 0 Å². The van der Waals surface area contributed by atoms with Gasteiger partial charge in [0.1, 0.15) is 6.23 Å². The van der Waals surface area contributed by atoms with Crippen molar-refractivity contribution in [1.82, 2.24) is 14.1 Å². The van der Waals surface area contributed by atoms with Crippen LogP contribution in [0, 0.1) is 17.2 Å². The van der Waals surface area contributed by atoms with E-state index in [0.29, 0.717) is 19.4 Å². The first-order valence-electron chi connectivity index (χ1n) is 13.3. The van der Waals surface area contributed by atoms with Crippen LogP contribution in [0.25, 0.3) is 0 Å². The maximum Gasteiger partial charge on any atom is 0.227 e. The van der Waals surface area contributed by atoms with Gasteiger partial charge < -0.3 is 26.0 Å². The zero-order valence-corrected chi connectivity index (χ0v) is 24.2. The molecule has 4 aliphatic rings. The summed E-state index contributed by atoms with van der Waals surface area (Å²) >= 11 is 0. The Morgan fingerprint density at radius 1 is 1.12 bits per heavy atom. The summed E-state index contributed by atoms with van der Waals surface area (Å²) in [5.41, 5.74) is 12.0. The third-order valence-electron chi connectivity index (χ3n) is 7.93. The Bertz CT molecular complexity index is 1230. The summed E-state index contributed by atoms with van der Waals surface area (Å²) in [6.07, 6.45) is 17.7. The van der Waals surface area contributed by atoms with Gasteiger partial charge in [0.05, 0.1) is 24.4 Å². The fourth-order valence-corrected chi connectivity index (χ4v) is 7.87. The van der Waals surface area contributed by atoms with E-state index in [1.165, 1.54) is 11.4 Å². The molecule has 0 aromatic carbocycles. The number of likely N-dealkylation sites (N-methyl/N-ethyl adjacent to an activating group) is 1. The van der Waals surface area contributed by atoms with E-state index in [4.69, 9.17) is 21.6 Å². The van der Waals surface area contributed by atoms with Crippen LogP contribution in [-0.2, 0) is 24.3 Å². The highest BCUT2D eigenvalue weighted by molar-refractivity contribution is 7.89. The molecule has 5 unspecified atom stereocenters. The van der Waals surface area contributed by atoms with Crippen LogP contribution >= 0.6 is 12.4 Å². The van der Waals surface area contributed by atoms with Crippen LogP contribution in [0.1, 0.15) is 32.1 Å². The summed E-state index contributed by atoms with van der Waals surface area (Å²) in [6, 6.07) is -0.596. The quantitative estimate of drug-likeness (QED) is 0.298. The number of hydrogen-bond donors (Lipinski definition) is 3. The molecule has 2 amide bonds. The zero-order valence-electron chi connectivity index (χ0n) is 22.6. The number of carbonyl (C=O) groups excluding carboxylic acids is 2. The van der Waals surface area contributed by atoms with Crippen molar-refractivity contribution in [1.29, 1.82) is 5.41 Å². The van der Waals surface area contributed by atoms with Gasteiger partial charge >= 0.3 is 0 Å². The van der Waals surface area contributed by atoms with Gasteiger partial charge in [-0.25, -0.2) is 8.42 Å². The number of sulfonamides is 1. The molecule has 11 nitrogen and oxygen atoms in total. The van der Waals surface area contributed by atoms with E-state index in [1.54, 1.807) is 28.2 Å². The lowest BCUT2D eigenvalue weighted by atomic mass is 9.70. The summed E-state index contributed by atoms with van der Waals surface area (Å²) < 4.78 is 35.7. The average molecular weight is 595 g/mol. The van der Waals surface area contributed by atoms with Crippen molar-refractivity contribution in [2.75, 3.05) is 26.7 Å². The zero-order chi connectivity index (χ0) is 28.2. The van der Waals surface area contributed by atoms with Gasteiger partial charge in [0.15, 0.2) is 5.96 Å². The van der Waals surface area contributed by atoms with Crippen molar-refractivity contribution >= 4 is 40.2 Å². The van der Waals surface area contributed by atoms with Crippen LogP contribution in [0.4, 0.5) is 0 Å². The van der Waals surface area contributed by atoms with Gasteiger partial charge in [0.2, 0.25) is 21.8 Å². The van der Waals surface area contributed by atoms with Gasteiger partial charge in [-0.3, -0.25) is 15.0 Å². The second-order valence-electron chi connectivity index (χ2n) is 10.3. The summed E-state index contributed by atoms with van der Waals surface area (Å²) in [6.45, 7) is 0.827. The molecule has 5 N–H and O–H groups in total. The molecule has 2 aliphatic carbocycles. The number of fused-ring (bicyclic) bond motifs is 1. The molecule has 0 aromatic heterocycles. The number of amides is 2. The third kappa shape index (κ3) is 6.85. The molecule has 2 heterocycles. The highest BCUT2D eigenvalue weighted by atomic mass is 35.5. The van der Waals surface area contributed by atoms with Gasteiger partial charge in [-0.1, -0.05) is 48.1 Å². The number of nitrogens with zero attached hydrogens (tertiary/aromatic N) is 3. The van der Waals surface area contributed by atoms with E-state index in [1.807, 2.05) is 30.4 Å². The van der Waals surface area contributed by atoms with Crippen molar-refractivity contribution in [3.8, 4) is 0 Å². The lowest BCUT2D eigenvalue weighted by Gasteiger charge is -2.47. The van der Waals surface area contributed by atoms with Gasteiger partial charge in [0.25, 0.3) is 0 Å². The molecule has 5 atom stereocenters. The van der Waals surface area contributed by atoms with Gasteiger partial charge in [-0.2, -0.15) is 4.31 Å². The molecular formula is C27H39ClN6O5S. The predicted octanol–water partition coefficient (Wildman–Crippen LogP) is 1.61. The molecular weight excluding hydrogens is 556 g/mol. The molecule has 0 radical (unpaired) electrons. The Hall–Kier alpha value is -2.93. The topological polar surface area (TPSA) is 163 Å². The first-order valence-corrected chi connectivity index (χ1v) is 14.8. The standard InChI is InChI=1S/C27H38N6O5S.ClH/c1-31(25-18-32(27(29)30)16-17-38-25)39(36,37)22-12-11-19-8-5-6-9-20(19)26(22)21-10-4-2-3-7-15-33(21)24(35)14-13-23(28)34;/h2-7,9-10,15,19,21-22,25-26H,8,11-14,16-18H2,1H3,(H2,28,34)(H3,29,30);1H/b3-2-,10-4-,15-7-;. The van der Waals surface area contributed by atoms with Crippen LogP contribution in [0.15, 0.2) is 60.4 Å².